The van der Waals surface area contributed by atoms with Crippen LogP contribution in [-0.2, 0) is 7.05 Å². The predicted molar refractivity (Wildman–Crippen MR) is 63.4 cm³/mol. The van der Waals surface area contributed by atoms with Crippen LogP contribution in [0.3, 0.4) is 0 Å². The molecule has 1 unspecified atom stereocenters. The van der Waals surface area contributed by atoms with Crippen LogP contribution in [0.25, 0.3) is 0 Å². The SMILES string of the molecule is Cn1nc(C#N)c2c1C(=O)C(C(C)(C)C)C=N2. The third kappa shape index (κ3) is 1.66. The Balaban J connectivity index is 2.58. The molecular weight excluding hydrogens is 216 g/mol. The third-order valence-corrected chi connectivity index (χ3v) is 2.93. The van der Waals surface area contributed by atoms with Crippen LogP contribution in [0.15, 0.2) is 4.99 Å². The average molecular weight is 230 g/mol. The van der Waals surface area contributed by atoms with E-state index in [4.69, 9.17) is 5.26 Å². The molecule has 1 aliphatic heterocycles. The Morgan fingerprint density at radius 2 is 2.12 bits per heavy atom. The summed E-state index contributed by atoms with van der Waals surface area (Å²) in [5.74, 6) is -0.282. The summed E-state index contributed by atoms with van der Waals surface area (Å²) in [6.45, 7) is 5.98. The molecule has 0 saturated carbocycles. The van der Waals surface area contributed by atoms with Gasteiger partial charge in [-0.15, -0.1) is 0 Å². The molecule has 0 radical (unpaired) electrons. The molecule has 1 aromatic rings. The Morgan fingerprint density at radius 1 is 1.47 bits per heavy atom. The van der Waals surface area contributed by atoms with Gasteiger partial charge in [0, 0.05) is 13.3 Å². The summed E-state index contributed by atoms with van der Waals surface area (Å²) in [5, 5.41) is 12.9. The molecular formula is C12H14N4O. The van der Waals surface area contributed by atoms with Gasteiger partial charge in [0.2, 0.25) is 0 Å². The van der Waals surface area contributed by atoms with Crippen LogP contribution in [0.5, 0.6) is 0 Å². The van der Waals surface area contributed by atoms with Gasteiger partial charge in [0.25, 0.3) is 0 Å². The lowest BCUT2D eigenvalue weighted by atomic mass is 9.77. The molecule has 0 spiro atoms. The fraction of sp³-hybridized carbons (Fsp3) is 0.500. The number of aromatic nitrogens is 2. The van der Waals surface area contributed by atoms with Crippen molar-refractivity contribution in [1.82, 2.24) is 9.78 Å². The number of aliphatic imine (C=N–C) groups is 1. The van der Waals surface area contributed by atoms with E-state index in [1.165, 1.54) is 4.68 Å². The van der Waals surface area contributed by atoms with Crippen LogP contribution in [0.2, 0.25) is 0 Å². The summed E-state index contributed by atoms with van der Waals surface area (Å²) >= 11 is 0. The minimum absolute atomic E-state index is 0.0148. The molecule has 1 atom stereocenters. The van der Waals surface area contributed by atoms with Crippen LogP contribution in [0.1, 0.15) is 37.0 Å². The molecule has 5 nitrogen and oxygen atoms in total. The normalized spacial score (nSPS) is 19.0. The second-order valence-electron chi connectivity index (χ2n) is 5.27. The molecule has 0 fully saturated rings. The fourth-order valence-corrected chi connectivity index (χ4v) is 1.97. The lowest BCUT2D eigenvalue weighted by Gasteiger charge is -2.28. The number of carbonyl (C=O) groups excluding carboxylic acids is 1. The van der Waals surface area contributed by atoms with Crippen molar-refractivity contribution in [3.63, 3.8) is 0 Å². The number of rotatable bonds is 0. The van der Waals surface area contributed by atoms with Gasteiger partial charge < -0.3 is 0 Å². The number of hydrogen-bond acceptors (Lipinski definition) is 4. The number of fused-ring (bicyclic) bond motifs is 1. The zero-order valence-electron chi connectivity index (χ0n) is 10.4. The van der Waals surface area contributed by atoms with Gasteiger partial charge in [0.1, 0.15) is 17.5 Å². The van der Waals surface area contributed by atoms with Crippen molar-refractivity contribution < 1.29 is 4.79 Å². The molecule has 0 saturated heterocycles. The highest BCUT2D eigenvalue weighted by atomic mass is 16.1. The maximum atomic E-state index is 12.4. The van der Waals surface area contributed by atoms with E-state index in [2.05, 4.69) is 10.1 Å². The number of nitrogens with zero attached hydrogens (tertiary/aromatic N) is 4. The number of Topliss-reactive ketones (excluding diaryl/α,β-unsaturated/α-hetero) is 1. The number of nitriles is 1. The zero-order valence-corrected chi connectivity index (χ0v) is 10.4. The molecule has 0 aromatic carbocycles. The maximum absolute atomic E-state index is 12.4. The first-order valence-electron chi connectivity index (χ1n) is 5.41. The first-order chi connectivity index (χ1) is 7.86. The predicted octanol–water partition coefficient (Wildman–Crippen LogP) is 1.85. The maximum Gasteiger partial charge on any atom is 0.192 e. The summed E-state index contributed by atoms with van der Waals surface area (Å²) in [6, 6.07) is 1.95. The largest absolute Gasteiger partial charge is 0.292 e. The molecule has 88 valence electrons. The molecule has 5 heteroatoms. The van der Waals surface area contributed by atoms with Crippen LogP contribution in [0, 0.1) is 22.7 Å². The van der Waals surface area contributed by atoms with Gasteiger partial charge in [-0.2, -0.15) is 10.4 Å². The summed E-state index contributed by atoms with van der Waals surface area (Å²) in [7, 11) is 1.66. The fourth-order valence-electron chi connectivity index (χ4n) is 1.97. The first-order valence-corrected chi connectivity index (χ1v) is 5.41. The van der Waals surface area contributed by atoms with Gasteiger partial charge in [0.05, 0.1) is 5.92 Å². The van der Waals surface area contributed by atoms with E-state index >= 15 is 0 Å². The Labute approximate surface area is 99.8 Å². The topological polar surface area (TPSA) is 71.0 Å². The van der Waals surface area contributed by atoms with Gasteiger partial charge >= 0.3 is 0 Å². The highest BCUT2D eigenvalue weighted by Gasteiger charge is 2.37. The van der Waals surface area contributed by atoms with E-state index in [1.807, 2.05) is 26.8 Å². The monoisotopic (exact) mass is 230 g/mol. The molecule has 0 aliphatic carbocycles. The number of ketones is 1. The smallest absolute Gasteiger partial charge is 0.192 e. The Bertz CT molecular complexity index is 554. The minimum atomic E-state index is -0.267. The molecule has 2 rings (SSSR count). The molecule has 0 N–H and O–H groups in total. The zero-order chi connectivity index (χ0) is 12.8. The summed E-state index contributed by atoms with van der Waals surface area (Å²) < 4.78 is 1.45. The van der Waals surface area contributed by atoms with E-state index in [0.717, 1.165) is 0 Å². The standard InChI is InChI=1S/C12H14N4O/c1-12(2,3)7-6-14-9-8(5-13)15-16(4)10(9)11(7)17/h6-7H,1-4H3. The number of carbonyl (C=O) groups is 1. The second kappa shape index (κ2) is 3.52. The van der Waals surface area contributed by atoms with Crippen LogP contribution in [0.4, 0.5) is 5.69 Å². The highest BCUT2D eigenvalue weighted by Crippen LogP contribution is 2.36. The van der Waals surface area contributed by atoms with Crippen LogP contribution >= 0.6 is 0 Å². The van der Waals surface area contributed by atoms with Gasteiger partial charge in [-0.1, -0.05) is 20.8 Å². The van der Waals surface area contributed by atoms with E-state index in [0.29, 0.717) is 11.4 Å². The summed E-state index contributed by atoms with van der Waals surface area (Å²) in [5.41, 5.74) is 0.860. The Kier molecular flexibility index (Phi) is 2.39. The Hall–Kier alpha value is -1.96. The summed E-state index contributed by atoms with van der Waals surface area (Å²) in [6.07, 6.45) is 1.63. The van der Waals surface area contributed by atoms with Crippen molar-refractivity contribution in [2.45, 2.75) is 20.8 Å². The molecule has 2 heterocycles. The molecule has 0 bridgehead atoms. The molecule has 0 amide bonds. The van der Waals surface area contributed by atoms with Gasteiger partial charge in [0.15, 0.2) is 11.5 Å². The quantitative estimate of drug-likeness (QED) is 0.682. The van der Waals surface area contributed by atoms with Crippen LogP contribution < -0.4 is 0 Å². The summed E-state index contributed by atoms with van der Waals surface area (Å²) in [4.78, 5) is 16.6. The van der Waals surface area contributed by atoms with Crippen molar-refractivity contribution >= 4 is 17.7 Å². The molecule has 1 aromatic heterocycles. The van der Waals surface area contributed by atoms with Crippen molar-refractivity contribution in [1.29, 1.82) is 5.26 Å². The third-order valence-electron chi connectivity index (χ3n) is 2.93. The minimum Gasteiger partial charge on any atom is -0.292 e. The van der Waals surface area contributed by atoms with Crippen molar-refractivity contribution in [2.24, 2.45) is 23.4 Å². The van der Waals surface area contributed by atoms with E-state index < -0.39 is 0 Å². The number of hydrogen-bond donors (Lipinski definition) is 0. The van der Waals surface area contributed by atoms with Gasteiger partial charge in [-0.3, -0.25) is 14.5 Å². The van der Waals surface area contributed by atoms with Crippen LogP contribution in [-0.4, -0.2) is 21.8 Å². The van der Waals surface area contributed by atoms with Crippen molar-refractivity contribution in [3.05, 3.63) is 11.4 Å². The van der Waals surface area contributed by atoms with E-state index in [9.17, 15) is 4.79 Å². The first kappa shape index (κ1) is 11.5. The van der Waals surface area contributed by atoms with Gasteiger partial charge in [-0.25, -0.2) is 0 Å². The van der Waals surface area contributed by atoms with Crippen molar-refractivity contribution in [2.75, 3.05) is 0 Å². The van der Waals surface area contributed by atoms with E-state index in [-0.39, 0.29) is 22.8 Å². The van der Waals surface area contributed by atoms with Gasteiger partial charge in [-0.05, 0) is 5.41 Å². The Morgan fingerprint density at radius 3 is 2.65 bits per heavy atom. The van der Waals surface area contributed by atoms with Crippen molar-refractivity contribution in [3.8, 4) is 6.07 Å². The molecule has 17 heavy (non-hydrogen) atoms. The lowest BCUT2D eigenvalue weighted by Crippen LogP contribution is -2.32. The lowest BCUT2D eigenvalue weighted by molar-refractivity contribution is 0.0880. The van der Waals surface area contributed by atoms with E-state index in [1.54, 1.807) is 13.3 Å². The number of aryl methyl sites for hydroxylation is 1. The average Bonchev–Trinajstić information content (AvgIpc) is 2.54. The molecule has 1 aliphatic rings. The highest BCUT2D eigenvalue weighted by molar-refractivity contribution is 6.12. The second-order valence-corrected chi connectivity index (χ2v) is 5.27.